The van der Waals surface area contributed by atoms with Crippen LogP contribution in [0.15, 0.2) is 77.6 Å². The maximum absolute atomic E-state index is 13.6. The summed E-state index contributed by atoms with van der Waals surface area (Å²) in [5, 5.41) is 5.67. The lowest BCUT2D eigenvalue weighted by Gasteiger charge is -2.34. The predicted octanol–water partition coefficient (Wildman–Crippen LogP) is 3.13. The smallest absolute Gasteiger partial charge is 0.275 e. The number of benzene rings is 3. The second-order valence-electron chi connectivity index (χ2n) is 9.10. The molecule has 6 rings (SSSR count). The number of rotatable bonds is 5. The van der Waals surface area contributed by atoms with E-state index in [4.69, 9.17) is 9.47 Å². The van der Waals surface area contributed by atoms with Crippen LogP contribution in [0.25, 0.3) is 10.8 Å². The molecule has 0 bridgehead atoms. The number of carbonyl (C=O) groups is 1. The van der Waals surface area contributed by atoms with Crippen molar-refractivity contribution in [2.45, 2.75) is 13.1 Å². The molecule has 3 heterocycles. The van der Waals surface area contributed by atoms with Crippen LogP contribution >= 0.6 is 0 Å². The highest BCUT2D eigenvalue weighted by Gasteiger charge is 2.26. The molecule has 1 fully saturated rings. The van der Waals surface area contributed by atoms with E-state index in [-0.39, 0.29) is 18.3 Å². The van der Waals surface area contributed by atoms with Gasteiger partial charge in [-0.25, -0.2) is 4.68 Å². The number of nitrogens with zero attached hydrogens (tertiary/aromatic N) is 4. The van der Waals surface area contributed by atoms with E-state index in [0.29, 0.717) is 36.1 Å². The van der Waals surface area contributed by atoms with Crippen LogP contribution in [0, 0.1) is 0 Å². The van der Waals surface area contributed by atoms with Crippen molar-refractivity contribution >= 4 is 16.7 Å². The van der Waals surface area contributed by atoms with Gasteiger partial charge in [0.05, 0.1) is 11.9 Å². The Bertz CT molecular complexity index is 1480. The normalized spacial score (nSPS) is 15.4. The van der Waals surface area contributed by atoms with Crippen molar-refractivity contribution in [2.75, 3.05) is 33.0 Å². The average molecular weight is 483 g/mol. The fourth-order valence-corrected chi connectivity index (χ4v) is 4.81. The highest BCUT2D eigenvalue weighted by molar-refractivity contribution is 6.04. The van der Waals surface area contributed by atoms with Gasteiger partial charge < -0.3 is 14.4 Å². The predicted molar refractivity (Wildman–Crippen MR) is 135 cm³/mol. The molecule has 2 aliphatic rings. The summed E-state index contributed by atoms with van der Waals surface area (Å²) in [6, 6.07) is 22.9. The summed E-state index contributed by atoms with van der Waals surface area (Å²) < 4.78 is 12.3. The number of fused-ring (bicyclic) bond motifs is 2. The SMILES string of the molecule is O=C(c1nn(Cc2ccccc2)c(=O)c2ccccc12)N1CCN(Cc2ccc3c(c2)OCO3)CC1. The van der Waals surface area contributed by atoms with E-state index in [0.717, 1.165) is 42.3 Å². The summed E-state index contributed by atoms with van der Waals surface area (Å²) >= 11 is 0. The lowest BCUT2D eigenvalue weighted by molar-refractivity contribution is 0.0622. The van der Waals surface area contributed by atoms with Gasteiger partial charge in [0.1, 0.15) is 0 Å². The molecule has 4 aromatic rings. The van der Waals surface area contributed by atoms with E-state index in [9.17, 15) is 9.59 Å². The van der Waals surface area contributed by atoms with Gasteiger partial charge in [0, 0.05) is 38.1 Å². The molecule has 3 aromatic carbocycles. The number of ether oxygens (including phenoxy) is 2. The maximum atomic E-state index is 13.6. The fraction of sp³-hybridized carbons (Fsp3) is 0.250. The zero-order valence-corrected chi connectivity index (χ0v) is 19.8. The first-order valence-electron chi connectivity index (χ1n) is 12.1. The van der Waals surface area contributed by atoms with Crippen LogP contribution in [0.3, 0.4) is 0 Å². The number of amides is 1. The van der Waals surface area contributed by atoms with Gasteiger partial charge in [0.2, 0.25) is 6.79 Å². The van der Waals surface area contributed by atoms with Gasteiger partial charge >= 0.3 is 0 Å². The largest absolute Gasteiger partial charge is 0.454 e. The second kappa shape index (κ2) is 9.47. The molecule has 0 saturated carbocycles. The van der Waals surface area contributed by atoms with E-state index >= 15 is 0 Å². The molecule has 182 valence electrons. The first-order valence-corrected chi connectivity index (χ1v) is 12.1. The molecular formula is C28H26N4O4. The van der Waals surface area contributed by atoms with Crippen molar-refractivity contribution < 1.29 is 14.3 Å². The maximum Gasteiger partial charge on any atom is 0.275 e. The Kier molecular flexibility index (Phi) is 5.87. The Hall–Kier alpha value is -4.17. The molecule has 1 amide bonds. The Morgan fingerprint density at radius 1 is 0.778 bits per heavy atom. The van der Waals surface area contributed by atoms with Crippen LogP contribution < -0.4 is 15.0 Å². The van der Waals surface area contributed by atoms with Gasteiger partial charge in [0.25, 0.3) is 11.5 Å². The highest BCUT2D eigenvalue weighted by atomic mass is 16.7. The molecule has 8 nitrogen and oxygen atoms in total. The number of aromatic nitrogens is 2. The second-order valence-corrected chi connectivity index (χ2v) is 9.10. The molecule has 1 saturated heterocycles. The topological polar surface area (TPSA) is 76.9 Å². The van der Waals surface area contributed by atoms with Crippen molar-refractivity contribution in [1.82, 2.24) is 19.6 Å². The fourth-order valence-electron chi connectivity index (χ4n) is 4.81. The van der Waals surface area contributed by atoms with E-state index in [1.807, 2.05) is 59.5 Å². The van der Waals surface area contributed by atoms with Crippen molar-refractivity contribution in [2.24, 2.45) is 0 Å². The molecule has 0 N–H and O–H groups in total. The van der Waals surface area contributed by atoms with Crippen molar-refractivity contribution in [1.29, 1.82) is 0 Å². The minimum absolute atomic E-state index is 0.143. The molecule has 36 heavy (non-hydrogen) atoms. The first kappa shape index (κ1) is 22.3. The molecule has 8 heteroatoms. The zero-order valence-electron chi connectivity index (χ0n) is 19.8. The molecule has 0 aliphatic carbocycles. The zero-order chi connectivity index (χ0) is 24.5. The van der Waals surface area contributed by atoms with Gasteiger partial charge in [-0.1, -0.05) is 54.6 Å². The Morgan fingerprint density at radius 3 is 2.31 bits per heavy atom. The summed E-state index contributed by atoms with van der Waals surface area (Å²) in [6.45, 7) is 4.05. The van der Waals surface area contributed by atoms with E-state index in [1.165, 1.54) is 4.68 Å². The van der Waals surface area contributed by atoms with Gasteiger partial charge in [0.15, 0.2) is 17.2 Å². The third-order valence-corrected chi connectivity index (χ3v) is 6.75. The van der Waals surface area contributed by atoms with E-state index in [2.05, 4.69) is 16.1 Å². The Labute approximate surface area is 208 Å². The molecule has 0 spiro atoms. The summed E-state index contributed by atoms with van der Waals surface area (Å²) in [5.41, 5.74) is 2.24. The van der Waals surface area contributed by atoms with Crippen molar-refractivity contribution in [3.05, 3.63) is 100.0 Å². The summed E-state index contributed by atoms with van der Waals surface area (Å²) in [6.07, 6.45) is 0. The van der Waals surface area contributed by atoms with E-state index in [1.54, 1.807) is 12.1 Å². The van der Waals surface area contributed by atoms with Crippen molar-refractivity contribution in [3.8, 4) is 11.5 Å². The van der Waals surface area contributed by atoms with Gasteiger partial charge in [-0.15, -0.1) is 0 Å². The minimum atomic E-state index is -0.195. The molecule has 1 aromatic heterocycles. The van der Waals surface area contributed by atoms with Crippen LogP contribution in [-0.4, -0.2) is 58.5 Å². The molecule has 0 atom stereocenters. The lowest BCUT2D eigenvalue weighted by Crippen LogP contribution is -2.48. The standard InChI is InChI=1S/C28H26N4O4/c33-27-23-9-5-4-8-22(23)26(29-32(27)18-20-6-2-1-3-7-20)28(34)31-14-12-30(13-15-31)17-21-10-11-24-25(16-21)36-19-35-24/h1-11,16H,12-15,17-19H2. The monoisotopic (exact) mass is 482 g/mol. The number of hydrogen-bond acceptors (Lipinski definition) is 6. The summed E-state index contributed by atoms with van der Waals surface area (Å²) in [4.78, 5) is 30.9. The van der Waals surface area contributed by atoms with Crippen LogP contribution in [0.4, 0.5) is 0 Å². The van der Waals surface area contributed by atoms with Gasteiger partial charge in [-0.2, -0.15) is 5.10 Å². The van der Waals surface area contributed by atoms with Gasteiger partial charge in [-0.3, -0.25) is 14.5 Å². The average Bonchev–Trinajstić information content (AvgIpc) is 3.39. The van der Waals surface area contributed by atoms with Crippen LogP contribution in [0.5, 0.6) is 11.5 Å². The highest BCUT2D eigenvalue weighted by Crippen LogP contribution is 2.33. The first-order chi connectivity index (χ1) is 17.7. The Morgan fingerprint density at radius 2 is 1.50 bits per heavy atom. The number of hydrogen-bond donors (Lipinski definition) is 0. The van der Waals surface area contributed by atoms with Gasteiger partial charge in [-0.05, 0) is 29.3 Å². The van der Waals surface area contributed by atoms with Crippen LogP contribution in [0.1, 0.15) is 21.6 Å². The quantitative estimate of drug-likeness (QED) is 0.435. The third kappa shape index (κ3) is 4.31. The molecular weight excluding hydrogens is 456 g/mol. The Balaban J connectivity index is 1.20. The summed E-state index contributed by atoms with van der Waals surface area (Å²) in [7, 11) is 0. The van der Waals surface area contributed by atoms with Crippen LogP contribution in [0.2, 0.25) is 0 Å². The third-order valence-electron chi connectivity index (χ3n) is 6.75. The van der Waals surface area contributed by atoms with Crippen molar-refractivity contribution in [3.63, 3.8) is 0 Å². The number of carbonyl (C=O) groups excluding carboxylic acids is 1. The van der Waals surface area contributed by atoms with Crippen LogP contribution in [-0.2, 0) is 13.1 Å². The molecule has 2 aliphatic heterocycles. The summed E-state index contributed by atoms with van der Waals surface area (Å²) in [5.74, 6) is 1.42. The molecule has 0 radical (unpaired) electrons. The minimum Gasteiger partial charge on any atom is -0.454 e. The lowest BCUT2D eigenvalue weighted by atomic mass is 10.1. The number of piperazine rings is 1. The van der Waals surface area contributed by atoms with E-state index < -0.39 is 0 Å². The molecule has 0 unspecified atom stereocenters.